The van der Waals surface area contributed by atoms with Crippen LogP contribution in [0.15, 0.2) is 53.7 Å². The Morgan fingerprint density at radius 2 is 1.76 bits per heavy atom. The number of anilines is 1. The van der Waals surface area contributed by atoms with Crippen LogP contribution in [-0.4, -0.2) is 37.1 Å². The van der Waals surface area contributed by atoms with E-state index in [0.717, 1.165) is 41.3 Å². The highest BCUT2D eigenvalue weighted by Crippen LogP contribution is 2.37. The number of ether oxygens (including phenoxy) is 1. The first-order valence-corrected chi connectivity index (χ1v) is 9.75. The van der Waals surface area contributed by atoms with E-state index in [-0.39, 0.29) is 24.4 Å². The maximum Gasteiger partial charge on any atom is 0.418 e. The third-order valence-electron chi connectivity index (χ3n) is 5.13. The van der Waals surface area contributed by atoms with Crippen molar-refractivity contribution in [2.24, 2.45) is 0 Å². The fourth-order valence-corrected chi connectivity index (χ4v) is 3.56. The number of amides is 3. The Hall–Kier alpha value is -3.47. The second-order valence-electron chi connectivity index (χ2n) is 7.16. The van der Waals surface area contributed by atoms with Crippen LogP contribution in [0.5, 0.6) is 0 Å². The topological polar surface area (TPSA) is 70.7 Å². The molecule has 1 atom stereocenters. The van der Waals surface area contributed by atoms with Gasteiger partial charge in [0.25, 0.3) is 5.91 Å². The molecule has 0 bridgehead atoms. The molecular weight excluding hydrogens is 449 g/mol. The Bertz CT molecular complexity index is 1080. The van der Waals surface area contributed by atoms with Crippen molar-refractivity contribution in [2.45, 2.75) is 19.1 Å². The summed E-state index contributed by atoms with van der Waals surface area (Å²) in [5.74, 6) is -3.11. The molecule has 0 fully saturated rings. The number of nitrogens with zero attached hydrogens (tertiary/aromatic N) is 1. The zero-order chi connectivity index (χ0) is 24.3. The minimum atomic E-state index is -4.75. The standard InChI is InChI=1S/C22H20F5N3O3/c1-12-17(20(31)28-16-9-4-3-6-13(16)22(25,26)27)19(18-14(23)7-5-8-15(18)24)29-21(32)30(12)10-11-33-2/h3-9,19H,10-11H2,1-2H3,(H,28,31)(H,29,32). The number of allylic oxidation sites excluding steroid dienone is 1. The molecule has 0 saturated heterocycles. The molecular formula is C22H20F5N3O3. The van der Waals surface area contributed by atoms with Gasteiger partial charge in [0, 0.05) is 12.8 Å². The van der Waals surface area contributed by atoms with Gasteiger partial charge >= 0.3 is 12.2 Å². The van der Waals surface area contributed by atoms with Crippen LogP contribution in [0.1, 0.15) is 24.1 Å². The van der Waals surface area contributed by atoms with Crippen LogP contribution in [0.4, 0.5) is 32.4 Å². The van der Waals surface area contributed by atoms with Gasteiger partial charge in [0.15, 0.2) is 0 Å². The zero-order valence-electron chi connectivity index (χ0n) is 17.6. The van der Waals surface area contributed by atoms with E-state index in [1.165, 1.54) is 20.1 Å². The molecule has 2 aromatic carbocycles. The summed E-state index contributed by atoms with van der Waals surface area (Å²) in [6, 6.07) is 5.00. The van der Waals surface area contributed by atoms with E-state index in [4.69, 9.17) is 4.74 Å². The molecule has 0 aromatic heterocycles. The number of rotatable bonds is 6. The van der Waals surface area contributed by atoms with Crippen molar-refractivity contribution in [3.8, 4) is 0 Å². The van der Waals surface area contributed by atoms with Crippen LogP contribution in [0.2, 0.25) is 0 Å². The molecule has 176 valence electrons. The van der Waals surface area contributed by atoms with Crippen LogP contribution in [0, 0.1) is 11.6 Å². The van der Waals surface area contributed by atoms with E-state index in [1.54, 1.807) is 0 Å². The predicted molar refractivity (Wildman–Crippen MR) is 109 cm³/mol. The van der Waals surface area contributed by atoms with Gasteiger partial charge in [-0.3, -0.25) is 9.69 Å². The van der Waals surface area contributed by atoms with Crippen LogP contribution in [0.3, 0.4) is 0 Å². The van der Waals surface area contributed by atoms with Crippen molar-refractivity contribution >= 4 is 17.6 Å². The molecule has 0 saturated carbocycles. The van der Waals surface area contributed by atoms with Gasteiger partial charge in [-0.15, -0.1) is 0 Å². The monoisotopic (exact) mass is 469 g/mol. The second kappa shape index (κ2) is 9.57. The molecule has 6 nitrogen and oxygen atoms in total. The molecule has 1 unspecified atom stereocenters. The molecule has 1 aliphatic rings. The fourth-order valence-electron chi connectivity index (χ4n) is 3.56. The predicted octanol–water partition coefficient (Wildman–Crippen LogP) is 4.61. The Labute approximate surface area is 186 Å². The number of alkyl halides is 3. The number of hydrogen-bond donors (Lipinski definition) is 2. The summed E-state index contributed by atoms with van der Waals surface area (Å²) in [5, 5.41) is 4.55. The van der Waals surface area contributed by atoms with Crippen LogP contribution in [-0.2, 0) is 15.7 Å². The molecule has 3 rings (SSSR count). The number of para-hydroxylation sites is 1. The van der Waals surface area contributed by atoms with Crippen molar-refractivity contribution < 1.29 is 36.3 Å². The molecule has 33 heavy (non-hydrogen) atoms. The first-order chi connectivity index (χ1) is 15.6. The summed E-state index contributed by atoms with van der Waals surface area (Å²) < 4.78 is 74.2. The Kier molecular flexibility index (Phi) is 7.01. The van der Waals surface area contributed by atoms with Crippen LogP contribution < -0.4 is 10.6 Å². The number of carbonyl (C=O) groups is 2. The third kappa shape index (κ3) is 4.98. The molecule has 1 heterocycles. The number of urea groups is 1. The highest BCUT2D eigenvalue weighted by molar-refractivity contribution is 6.07. The van der Waals surface area contributed by atoms with E-state index in [0.29, 0.717) is 0 Å². The van der Waals surface area contributed by atoms with E-state index in [2.05, 4.69) is 10.6 Å². The van der Waals surface area contributed by atoms with Crippen molar-refractivity contribution in [2.75, 3.05) is 25.6 Å². The normalized spacial score (nSPS) is 16.6. The summed E-state index contributed by atoms with van der Waals surface area (Å²) in [7, 11) is 1.39. The minimum Gasteiger partial charge on any atom is -0.383 e. The second-order valence-corrected chi connectivity index (χ2v) is 7.16. The van der Waals surface area contributed by atoms with E-state index in [1.807, 2.05) is 0 Å². The lowest BCUT2D eigenvalue weighted by atomic mass is 9.93. The first-order valence-electron chi connectivity index (χ1n) is 9.75. The van der Waals surface area contributed by atoms with Crippen molar-refractivity contribution in [1.29, 1.82) is 0 Å². The lowest BCUT2D eigenvalue weighted by molar-refractivity contribution is -0.137. The molecule has 0 spiro atoms. The fraction of sp³-hybridized carbons (Fsp3) is 0.273. The third-order valence-corrected chi connectivity index (χ3v) is 5.13. The van der Waals surface area contributed by atoms with Gasteiger partial charge in [0.05, 0.1) is 41.6 Å². The molecule has 11 heteroatoms. The van der Waals surface area contributed by atoms with Crippen molar-refractivity contribution in [3.05, 3.63) is 76.5 Å². The number of benzene rings is 2. The van der Waals surface area contributed by atoms with Crippen molar-refractivity contribution in [3.63, 3.8) is 0 Å². The van der Waals surface area contributed by atoms with Gasteiger partial charge in [0.2, 0.25) is 0 Å². The van der Waals surface area contributed by atoms with Gasteiger partial charge in [0.1, 0.15) is 11.6 Å². The highest BCUT2D eigenvalue weighted by atomic mass is 19.4. The van der Waals surface area contributed by atoms with Crippen LogP contribution >= 0.6 is 0 Å². The molecule has 1 aliphatic heterocycles. The molecule has 3 amide bonds. The quantitative estimate of drug-likeness (QED) is 0.608. The number of nitrogens with one attached hydrogen (secondary N) is 2. The van der Waals surface area contributed by atoms with Crippen molar-refractivity contribution in [1.82, 2.24) is 10.2 Å². The lowest BCUT2D eigenvalue weighted by Gasteiger charge is -2.36. The van der Waals surface area contributed by atoms with Crippen LogP contribution in [0.25, 0.3) is 0 Å². The molecule has 2 N–H and O–H groups in total. The number of methoxy groups -OCH3 is 1. The largest absolute Gasteiger partial charge is 0.418 e. The van der Waals surface area contributed by atoms with Gasteiger partial charge in [-0.2, -0.15) is 13.2 Å². The van der Waals surface area contributed by atoms with Gasteiger partial charge in [-0.05, 0) is 31.2 Å². The summed E-state index contributed by atoms with van der Waals surface area (Å²) in [5.41, 5.74) is -2.53. The number of carbonyl (C=O) groups excluding carboxylic acids is 2. The van der Waals surface area contributed by atoms with Gasteiger partial charge in [-0.1, -0.05) is 18.2 Å². The summed E-state index contributed by atoms with van der Waals surface area (Å²) in [6.45, 7) is 1.44. The average molecular weight is 469 g/mol. The SMILES string of the molecule is COCCN1C(=O)NC(c2c(F)cccc2F)C(C(=O)Nc2ccccc2C(F)(F)F)=C1C. The Balaban J connectivity index is 2.11. The lowest BCUT2D eigenvalue weighted by Crippen LogP contribution is -2.49. The van der Waals surface area contributed by atoms with E-state index >= 15 is 0 Å². The van der Waals surface area contributed by atoms with Gasteiger partial charge in [-0.25, -0.2) is 13.6 Å². The van der Waals surface area contributed by atoms with Gasteiger partial charge < -0.3 is 15.4 Å². The zero-order valence-corrected chi connectivity index (χ0v) is 17.6. The number of hydrogen-bond acceptors (Lipinski definition) is 3. The average Bonchev–Trinajstić information content (AvgIpc) is 2.73. The van der Waals surface area contributed by atoms with E-state index < -0.39 is 52.6 Å². The highest BCUT2D eigenvalue weighted by Gasteiger charge is 2.39. The summed E-state index contributed by atoms with van der Waals surface area (Å²) >= 11 is 0. The number of halogens is 5. The first kappa shape index (κ1) is 24.2. The maximum absolute atomic E-state index is 14.5. The van der Waals surface area contributed by atoms with E-state index in [9.17, 15) is 31.5 Å². The smallest absolute Gasteiger partial charge is 0.383 e. The molecule has 2 aromatic rings. The minimum absolute atomic E-state index is 0.00341. The summed E-state index contributed by atoms with van der Waals surface area (Å²) in [6.07, 6.45) is -4.75. The molecule has 0 aliphatic carbocycles. The molecule has 0 radical (unpaired) electrons. The Morgan fingerprint density at radius 1 is 1.12 bits per heavy atom. The summed E-state index contributed by atoms with van der Waals surface area (Å²) in [4.78, 5) is 26.9. The maximum atomic E-state index is 14.5. The Morgan fingerprint density at radius 3 is 2.36 bits per heavy atom.